The quantitative estimate of drug-likeness (QED) is 0.619. The normalized spacial score (nSPS) is 14.3. The Hall–Kier alpha value is -0.170. The van der Waals surface area contributed by atoms with Gasteiger partial charge in [-0.3, -0.25) is 0 Å². The molecule has 0 aromatic carbocycles. The SMILES string of the molecule is CCC(CN)S(=O)(=O)N(CC)CCCN(CC)CC. The summed E-state index contributed by atoms with van der Waals surface area (Å²) in [6, 6.07) is 0. The second-order valence-corrected chi connectivity index (χ2v) is 6.90. The van der Waals surface area contributed by atoms with Gasteiger partial charge in [0, 0.05) is 19.6 Å². The highest BCUT2D eigenvalue weighted by Gasteiger charge is 2.28. The molecule has 0 amide bonds. The standard InChI is InChI=1S/C13H31N3O2S/c1-5-13(12-14)19(17,18)16(8-4)11-9-10-15(6-2)7-3/h13H,5-12,14H2,1-4H3. The minimum atomic E-state index is -3.23. The molecule has 0 radical (unpaired) electrons. The molecule has 19 heavy (non-hydrogen) atoms. The van der Waals surface area contributed by atoms with Crippen LogP contribution in [0.3, 0.4) is 0 Å². The topological polar surface area (TPSA) is 66.6 Å². The first-order chi connectivity index (χ1) is 8.97. The molecule has 0 aromatic rings. The lowest BCUT2D eigenvalue weighted by Gasteiger charge is -2.26. The molecule has 0 heterocycles. The van der Waals surface area contributed by atoms with Gasteiger partial charge in [-0.05, 0) is 32.5 Å². The van der Waals surface area contributed by atoms with Crippen molar-refractivity contribution in [2.24, 2.45) is 5.73 Å². The van der Waals surface area contributed by atoms with Gasteiger partial charge in [-0.1, -0.05) is 27.7 Å². The first kappa shape index (κ1) is 18.8. The van der Waals surface area contributed by atoms with Gasteiger partial charge < -0.3 is 10.6 Å². The second-order valence-electron chi connectivity index (χ2n) is 4.68. The first-order valence-electron chi connectivity index (χ1n) is 7.39. The molecule has 2 N–H and O–H groups in total. The summed E-state index contributed by atoms with van der Waals surface area (Å²) in [4.78, 5) is 2.31. The van der Waals surface area contributed by atoms with Crippen LogP contribution in [0.2, 0.25) is 0 Å². The summed E-state index contributed by atoms with van der Waals surface area (Å²) < 4.78 is 26.3. The molecule has 5 nitrogen and oxygen atoms in total. The monoisotopic (exact) mass is 293 g/mol. The Morgan fingerprint density at radius 1 is 1.00 bits per heavy atom. The van der Waals surface area contributed by atoms with E-state index in [9.17, 15) is 8.42 Å². The zero-order valence-corrected chi connectivity index (χ0v) is 13.7. The second kappa shape index (κ2) is 9.69. The third kappa shape index (κ3) is 5.77. The summed E-state index contributed by atoms with van der Waals surface area (Å²) in [6.07, 6.45) is 1.45. The fourth-order valence-corrected chi connectivity index (χ4v) is 4.02. The van der Waals surface area contributed by atoms with Gasteiger partial charge in [0.25, 0.3) is 0 Å². The van der Waals surface area contributed by atoms with Gasteiger partial charge in [0.15, 0.2) is 0 Å². The fraction of sp³-hybridized carbons (Fsp3) is 1.00. The Balaban J connectivity index is 4.49. The molecule has 0 fully saturated rings. The van der Waals surface area contributed by atoms with E-state index in [0.29, 0.717) is 19.5 Å². The van der Waals surface area contributed by atoms with E-state index < -0.39 is 15.3 Å². The van der Waals surface area contributed by atoms with Gasteiger partial charge in [0.1, 0.15) is 0 Å². The van der Waals surface area contributed by atoms with Crippen LogP contribution in [0.4, 0.5) is 0 Å². The number of nitrogens with zero attached hydrogens (tertiary/aromatic N) is 2. The summed E-state index contributed by atoms with van der Waals surface area (Å²) in [5.41, 5.74) is 5.57. The summed E-state index contributed by atoms with van der Waals surface area (Å²) in [7, 11) is -3.23. The average Bonchev–Trinajstić information content (AvgIpc) is 2.40. The fourth-order valence-electron chi connectivity index (χ4n) is 2.19. The van der Waals surface area contributed by atoms with E-state index in [1.54, 1.807) is 4.31 Å². The highest BCUT2D eigenvalue weighted by molar-refractivity contribution is 7.89. The molecule has 1 atom stereocenters. The van der Waals surface area contributed by atoms with Crippen LogP contribution >= 0.6 is 0 Å². The molecular formula is C13H31N3O2S. The van der Waals surface area contributed by atoms with Crippen molar-refractivity contribution in [3.8, 4) is 0 Å². The van der Waals surface area contributed by atoms with Gasteiger partial charge in [0.05, 0.1) is 5.25 Å². The molecule has 0 aliphatic rings. The Bertz CT molecular complexity index is 312. The number of sulfonamides is 1. The van der Waals surface area contributed by atoms with E-state index in [1.165, 1.54) is 0 Å². The van der Waals surface area contributed by atoms with E-state index in [0.717, 1.165) is 26.1 Å². The smallest absolute Gasteiger partial charge is 0.218 e. The molecule has 1 unspecified atom stereocenters. The molecule has 0 bridgehead atoms. The van der Waals surface area contributed by atoms with E-state index in [1.807, 2.05) is 13.8 Å². The summed E-state index contributed by atoms with van der Waals surface area (Å²) in [5, 5.41) is -0.444. The van der Waals surface area contributed by atoms with Crippen molar-refractivity contribution >= 4 is 10.0 Å². The number of hydrogen-bond donors (Lipinski definition) is 1. The van der Waals surface area contributed by atoms with E-state index in [4.69, 9.17) is 5.73 Å². The van der Waals surface area contributed by atoms with Crippen LogP contribution in [-0.4, -0.2) is 62.1 Å². The molecule has 0 rings (SSSR count). The highest BCUT2D eigenvalue weighted by atomic mass is 32.2. The minimum Gasteiger partial charge on any atom is -0.329 e. The summed E-state index contributed by atoms with van der Waals surface area (Å²) in [5.74, 6) is 0. The lowest BCUT2D eigenvalue weighted by molar-refractivity contribution is 0.284. The van der Waals surface area contributed by atoms with Crippen molar-refractivity contribution in [2.45, 2.75) is 45.8 Å². The third-order valence-corrected chi connectivity index (χ3v) is 6.16. The van der Waals surface area contributed by atoms with Crippen molar-refractivity contribution in [3.05, 3.63) is 0 Å². The van der Waals surface area contributed by atoms with Crippen LogP contribution in [0.1, 0.15) is 40.5 Å². The van der Waals surface area contributed by atoms with Crippen molar-refractivity contribution in [2.75, 3.05) is 39.3 Å². The van der Waals surface area contributed by atoms with Gasteiger partial charge in [-0.2, -0.15) is 0 Å². The average molecular weight is 293 g/mol. The third-order valence-electron chi connectivity index (χ3n) is 3.63. The lowest BCUT2D eigenvalue weighted by atomic mass is 10.3. The van der Waals surface area contributed by atoms with Gasteiger partial charge >= 0.3 is 0 Å². The van der Waals surface area contributed by atoms with Crippen molar-refractivity contribution in [1.82, 2.24) is 9.21 Å². The Labute approximate surface area is 119 Å². The molecule has 116 valence electrons. The number of rotatable bonds is 11. The van der Waals surface area contributed by atoms with E-state index in [-0.39, 0.29) is 6.54 Å². The van der Waals surface area contributed by atoms with Gasteiger partial charge in [-0.25, -0.2) is 12.7 Å². The summed E-state index contributed by atoms with van der Waals surface area (Å²) in [6.45, 7) is 12.3. The highest BCUT2D eigenvalue weighted by Crippen LogP contribution is 2.12. The molecule has 0 aromatic heterocycles. The van der Waals surface area contributed by atoms with Gasteiger partial charge in [-0.15, -0.1) is 0 Å². The van der Waals surface area contributed by atoms with Gasteiger partial charge in [0.2, 0.25) is 10.0 Å². The largest absolute Gasteiger partial charge is 0.329 e. The maximum atomic E-state index is 12.4. The zero-order valence-electron chi connectivity index (χ0n) is 12.9. The van der Waals surface area contributed by atoms with Crippen molar-refractivity contribution < 1.29 is 8.42 Å². The van der Waals surface area contributed by atoms with E-state index >= 15 is 0 Å². The van der Waals surface area contributed by atoms with Crippen molar-refractivity contribution in [3.63, 3.8) is 0 Å². The predicted octanol–water partition coefficient (Wildman–Crippen LogP) is 1.11. The molecular weight excluding hydrogens is 262 g/mol. The van der Waals surface area contributed by atoms with Crippen molar-refractivity contribution in [1.29, 1.82) is 0 Å². The molecule has 0 aliphatic carbocycles. The maximum Gasteiger partial charge on any atom is 0.218 e. The molecule has 0 saturated carbocycles. The maximum absolute atomic E-state index is 12.4. The number of hydrogen-bond acceptors (Lipinski definition) is 4. The molecule has 0 saturated heterocycles. The predicted molar refractivity (Wildman–Crippen MR) is 81.7 cm³/mol. The van der Waals surface area contributed by atoms with Crippen LogP contribution in [0.25, 0.3) is 0 Å². The van der Waals surface area contributed by atoms with Crippen LogP contribution in [-0.2, 0) is 10.0 Å². The Morgan fingerprint density at radius 2 is 1.58 bits per heavy atom. The molecule has 0 spiro atoms. The zero-order chi connectivity index (χ0) is 14.9. The van der Waals surface area contributed by atoms with E-state index in [2.05, 4.69) is 18.7 Å². The minimum absolute atomic E-state index is 0.200. The van der Waals surface area contributed by atoms with Crippen LogP contribution < -0.4 is 5.73 Å². The Morgan fingerprint density at radius 3 is 1.95 bits per heavy atom. The first-order valence-corrected chi connectivity index (χ1v) is 8.89. The summed E-state index contributed by atoms with van der Waals surface area (Å²) >= 11 is 0. The molecule has 6 heteroatoms. The van der Waals surface area contributed by atoms with Crippen LogP contribution in [0.5, 0.6) is 0 Å². The number of nitrogens with two attached hydrogens (primary N) is 1. The lowest BCUT2D eigenvalue weighted by Crippen LogP contribution is -2.43. The molecule has 0 aliphatic heterocycles. The Kier molecular flexibility index (Phi) is 9.60. The van der Waals surface area contributed by atoms with Crippen LogP contribution in [0, 0.1) is 0 Å². The van der Waals surface area contributed by atoms with Crippen LogP contribution in [0.15, 0.2) is 0 Å².